The summed E-state index contributed by atoms with van der Waals surface area (Å²) in [7, 11) is 0. The first kappa shape index (κ1) is 18.5. The predicted molar refractivity (Wildman–Crippen MR) is 96.6 cm³/mol. The van der Waals surface area contributed by atoms with Crippen molar-refractivity contribution in [2.45, 2.75) is 98.3 Å². The van der Waals surface area contributed by atoms with Crippen molar-refractivity contribution in [1.29, 1.82) is 0 Å². The molecular weight excluding hydrogens is 252 g/mol. The average molecular weight is 291 g/mol. The second-order valence-electron chi connectivity index (χ2n) is 6.95. The fraction of sp³-hybridized carbons (Fsp3) is 0.810. The van der Waals surface area contributed by atoms with Gasteiger partial charge in [-0.3, -0.25) is 0 Å². The van der Waals surface area contributed by atoms with Gasteiger partial charge in [-0.25, -0.2) is 0 Å². The summed E-state index contributed by atoms with van der Waals surface area (Å²) in [5.41, 5.74) is 3.43. The quantitative estimate of drug-likeness (QED) is 0.289. The molecule has 122 valence electrons. The van der Waals surface area contributed by atoms with Gasteiger partial charge in [-0.15, -0.1) is 0 Å². The number of allylic oxidation sites excluding steroid dienone is 4. The van der Waals surface area contributed by atoms with Gasteiger partial charge in [0.15, 0.2) is 0 Å². The summed E-state index contributed by atoms with van der Waals surface area (Å²) in [6.07, 6.45) is 20.2. The van der Waals surface area contributed by atoms with E-state index in [1.807, 2.05) is 0 Å². The lowest BCUT2D eigenvalue weighted by Crippen LogP contribution is -2.16. The Morgan fingerprint density at radius 2 is 1.62 bits per heavy atom. The Balaban J connectivity index is 2.58. The zero-order valence-corrected chi connectivity index (χ0v) is 15.1. The maximum atomic E-state index is 2.62. The molecule has 0 fully saturated rings. The lowest BCUT2D eigenvalue weighted by atomic mass is 9.75. The summed E-state index contributed by atoms with van der Waals surface area (Å²) in [5, 5.41) is 0. The third-order valence-electron chi connectivity index (χ3n) is 5.06. The van der Waals surface area contributed by atoms with Crippen molar-refractivity contribution < 1.29 is 0 Å². The summed E-state index contributed by atoms with van der Waals surface area (Å²) in [4.78, 5) is 0. The molecule has 0 heteroatoms. The van der Waals surface area contributed by atoms with Gasteiger partial charge in [-0.2, -0.15) is 0 Å². The minimum absolute atomic E-state index is 0.754. The van der Waals surface area contributed by atoms with Crippen LogP contribution < -0.4 is 0 Å². The van der Waals surface area contributed by atoms with Crippen LogP contribution in [0.25, 0.3) is 0 Å². The first-order valence-corrected chi connectivity index (χ1v) is 9.60. The summed E-state index contributed by atoms with van der Waals surface area (Å²) in [5.74, 6) is 1.59. The molecule has 0 aromatic rings. The third kappa shape index (κ3) is 6.85. The zero-order chi connectivity index (χ0) is 15.5. The Hall–Kier alpha value is -0.520. The summed E-state index contributed by atoms with van der Waals surface area (Å²) >= 11 is 0. The first-order valence-electron chi connectivity index (χ1n) is 9.60. The lowest BCUT2D eigenvalue weighted by molar-refractivity contribution is 0.454. The van der Waals surface area contributed by atoms with E-state index in [0.29, 0.717) is 0 Å². The number of hydrogen-bond donors (Lipinski definition) is 0. The Morgan fingerprint density at radius 1 is 0.952 bits per heavy atom. The second kappa shape index (κ2) is 11.1. The van der Waals surface area contributed by atoms with Crippen LogP contribution in [-0.2, 0) is 0 Å². The highest BCUT2D eigenvalue weighted by molar-refractivity contribution is 5.25. The first-order chi connectivity index (χ1) is 10.2. The van der Waals surface area contributed by atoms with E-state index in [-0.39, 0.29) is 0 Å². The molecule has 0 N–H and O–H groups in total. The lowest BCUT2D eigenvalue weighted by Gasteiger charge is -2.30. The van der Waals surface area contributed by atoms with Crippen molar-refractivity contribution in [2.24, 2.45) is 11.8 Å². The Kier molecular flexibility index (Phi) is 9.79. The minimum Gasteiger partial charge on any atom is -0.0850 e. The molecule has 0 aromatic carbocycles. The van der Waals surface area contributed by atoms with Crippen LogP contribution >= 0.6 is 0 Å². The largest absolute Gasteiger partial charge is 0.0850 e. The molecule has 0 nitrogen and oxygen atoms in total. The summed E-state index contributed by atoms with van der Waals surface area (Å²) in [6, 6.07) is 0. The molecule has 1 aliphatic rings. The zero-order valence-electron chi connectivity index (χ0n) is 15.1. The molecule has 0 saturated heterocycles. The van der Waals surface area contributed by atoms with Gasteiger partial charge in [0.05, 0.1) is 0 Å². The number of rotatable bonds is 10. The van der Waals surface area contributed by atoms with Crippen LogP contribution in [0.15, 0.2) is 23.3 Å². The van der Waals surface area contributed by atoms with E-state index in [1.165, 1.54) is 70.6 Å². The van der Waals surface area contributed by atoms with Gasteiger partial charge in [0, 0.05) is 0 Å². The van der Waals surface area contributed by atoms with Crippen LogP contribution in [0.2, 0.25) is 0 Å². The second-order valence-corrected chi connectivity index (χ2v) is 6.95. The maximum Gasteiger partial charge on any atom is -0.00204 e. The number of unbranched alkanes of at least 4 members (excludes halogenated alkanes) is 5. The molecule has 1 aliphatic carbocycles. The van der Waals surface area contributed by atoms with Gasteiger partial charge in [0.1, 0.15) is 0 Å². The highest BCUT2D eigenvalue weighted by atomic mass is 14.3. The normalized spacial score (nSPS) is 24.4. The highest BCUT2D eigenvalue weighted by Gasteiger charge is 2.23. The van der Waals surface area contributed by atoms with E-state index in [9.17, 15) is 0 Å². The maximum absolute atomic E-state index is 2.62. The fourth-order valence-corrected chi connectivity index (χ4v) is 3.68. The Morgan fingerprint density at radius 3 is 2.29 bits per heavy atom. The van der Waals surface area contributed by atoms with Crippen molar-refractivity contribution in [3.05, 3.63) is 23.3 Å². The minimum atomic E-state index is 0.754. The van der Waals surface area contributed by atoms with Crippen molar-refractivity contribution in [2.75, 3.05) is 0 Å². The predicted octanol–water partition coefficient (Wildman–Crippen LogP) is 7.46. The Bertz CT molecular complexity index is 321. The van der Waals surface area contributed by atoms with Gasteiger partial charge < -0.3 is 0 Å². The van der Waals surface area contributed by atoms with E-state index in [1.54, 1.807) is 11.1 Å². The molecule has 0 heterocycles. The van der Waals surface area contributed by atoms with E-state index in [2.05, 4.69) is 39.8 Å². The standard InChI is InChI=1S/C21H38/c1-5-8-10-12-15-21-16-18(4)19(14-11-9-6-2)17-20(21)13-7-3/h13,16,19,21H,5-12,14-15,17H2,1-4H3/b20-13-. The smallest absolute Gasteiger partial charge is 0.00204 e. The SMILES string of the molecule is CC/C=C1/CC(CCCCC)C(C)=CC1CCCCCC. The van der Waals surface area contributed by atoms with E-state index in [4.69, 9.17) is 0 Å². The van der Waals surface area contributed by atoms with E-state index < -0.39 is 0 Å². The fourth-order valence-electron chi connectivity index (χ4n) is 3.68. The van der Waals surface area contributed by atoms with Crippen LogP contribution in [0.3, 0.4) is 0 Å². The molecular formula is C21H38. The van der Waals surface area contributed by atoms with Crippen molar-refractivity contribution >= 4 is 0 Å². The molecule has 0 spiro atoms. The highest BCUT2D eigenvalue weighted by Crippen LogP contribution is 2.38. The van der Waals surface area contributed by atoms with Crippen molar-refractivity contribution in [3.8, 4) is 0 Å². The molecule has 0 radical (unpaired) electrons. The van der Waals surface area contributed by atoms with Crippen LogP contribution in [0.1, 0.15) is 98.3 Å². The molecule has 0 aliphatic heterocycles. The van der Waals surface area contributed by atoms with E-state index in [0.717, 1.165) is 11.8 Å². The molecule has 1 rings (SSSR count). The number of hydrogen-bond acceptors (Lipinski definition) is 0. The molecule has 2 unspecified atom stereocenters. The molecule has 0 amide bonds. The van der Waals surface area contributed by atoms with Crippen LogP contribution in [0, 0.1) is 11.8 Å². The van der Waals surface area contributed by atoms with Gasteiger partial charge in [0.25, 0.3) is 0 Å². The summed E-state index contributed by atoms with van der Waals surface area (Å²) < 4.78 is 0. The molecule has 0 aromatic heterocycles. The summed E-state index contributed by atoms with van der Waals surface area (Å²) in [6.45, 7) is 9.28. The van der Waals surface area contributed by atoms with Gasteiger partial charge in [-0.05, 0) is 44.4 Å². The van der Waals surface area contributed by atoms with Gasteiger partial charge >= 0.3 is 0 Å². The van der Waals surface area contributed by atoms with Gasteiger partial charge in [-0.1, -0.05) is 89.0 Å². The molecule has 0 saturated carbocycles. The third-order valence-corrected chi connectivity index (χ3v) is 5.06. The topological polar surface area (TPSA) is 0 Å². The van der Waals surface area contributed by atoms with Crippen LogP contribution in [0.4, 0.5) is 0 Å². The van der Waals surface area contributed by atoms with E-state index >= 15 is 0 Å². The average Bonchev–Trinajstić information content (AvgIpc) is 2.48. The monoisotopic (exact) mass is 290 g/mol. The molecule has 21 heavy (non-hydrogen) atoms. The van der Waals surface area contributed by atoms with Crippen LogP contribution in [0.5, 0.6) is 0 Å². The van der Waals surface area contributed by atoms with Crippen molar-refractivity contribution in [3.63, 3.8) is 0 Å². The van der Waals surface area contributed by atoms with Gasteiger partial charge in [0.2, 0.25) is 0 Å². The molecule has 0 bridgehead atoms. The Labute approximate surface area is 134 Å². The van der Waals surface area contributed by atoms with Crippen LogP contribution in [-0.4, -0.2) is 0 Å². The van der Waals surface area contributed by atoms with Crippen molar-refractivity contribution in [1.82, 2.24) is 0 Å². The molecule has 2 atom stereocenters.